The summed E-state index contributed by atoms with van der Waals surface area (Å²) in [4.78, 5) is 16.8. The molecule has 3 aromatic rings. The van der Waals surface area contributed by atoms with Crippen LogP contribution in [-0.4, -0.2) is 30.2 Å². The highest BCUT2D eigenvalue weighted by atomic mass is 16.2. The Balaban J connectivity index is 1.53. The van der Waals surface area contributed by atoms with Gasteiger partial charge in [0.1, 0.15) is 12.2 Å². The molecule has 8 heteroatoms. The van der Waals surface area contributed by atoms with E-state index in [4.69, 9.17) is 0 Å². The second-order valence-corrected chi connectivity index (χ2v) is 5.79. The fourth-order valence-corrected chi connectivity index (χ4v) is 2.75. The maximum Gasteiger partial charge on any atom is 0.319 e. The van der Waals surface area contributed by atoms with Gasteiger partial charge in [0.25, 0.3) is 0 Å². The summed E-state index contributed by atoms with van der Waals surface area (Å²) >= 11 is 0. The Kier molecular flexibility index (Phi) is 3.22. The number of pyridine rings is 1. The molecule has 1 fully saturated rings. The van der Waals surface area contributed by atoms with Gasteiger partial charge in [0.2, 0.25) is 0 Å². The molecule has 2 N–H and O–H groups in total. The van der Waals surface area contributed by atoms with E-state index in [0.717, 1.165) is 18.7 Å². The van der Waals surface area contributed by atoms with E-state index < -0.39 is 0 Å². The van der Waals surface area contributed by atoms with Crippen molar-refractivity contribution >= 4 is 17.4 Å². The van der Waals surface area contributed by atoms with Crippen LogP contribution < -0.4 is 10.6 Å². The van der Waals surface area contributed by atoms with Crippen molar-refractivity contribution in [1.29, 1.82) is 0 Å². The summed E-state index contributed by atoms with van der Waals surface area (Å²) in [6.45, 7) is 0. The molecule has 1 atom stereocenters. The summed E-state index contributed by atoms with van der Waals surface area (Å²) in [6, 6.07) is 3.30. The molecule has 1 aliphatic rings. The quantitative estimate of drug-likeness (QED) is 0.768. The Morgan fingerprint density at radius 2 is 2.26 bits per heavy atom. The van der Waals surface area contributed by atoms with Crippen molar-refractivity contribution in [2.24, 2.45) is 13.0 Å². The van der Waals surface area contributed by atoms with E-state index in [-0.39, 0.29) is 12.1 Å². The number of hydrogen-bond donors (Lipinski definition) is 2. The van der Waals surface area contributed by atoms with E-state index in [0.29, 0.717) is 17.3 Å². The topological polar surface area (TPSA) is 89.1 Å². The number of aromatic nitrogens is 5. The third-order valence-corrected chi connectivity index (χ3v) is 4.09. The van der Waals surface area contributed by atoms with Gasteiger partial charge in [-0.1, -0.05) is 0 Å². The van der Waals surface area contributed by atoms with Gasteiger partial charge in [0.05, 0.1) is 11.7 Å². The monoisotopic (exact) mass is 311 g/mol. The Bertz CT molecular complexity index is 848. The third kappa shape index (κ3) is 2.63. The van der Waals surface area contributed by atoms with Crippen molar-refractivity contribution in [3.8, 4) is 0 Å². The number of anilines is 1. The molecule has 3 aromatic heterocycles. The number of imidazole rings is 1. The molecule has 0 aliphatic heterocycles. The minimum absolute atomic E-state index is 0.0763. The fourth-order valence-electron chi connectivity index (χ4n) is 2.75. The van der Waals surface area contributed by atoms with Crippen LogP contribution in [0.1, 0.15) is 24.7 Å². The summed E-state index contributed by atoms with van der Waals surface area (Å²) in [7, 11) is 1.94. The van der Waals surface area contributed by atoms with Gasteiger partial charge in [0.15, 0.2) is 5.65 Å². The summed E-state index contributed by atoms with van der Waals surface area (Å²) < 4.78 is 3.70. The normalized spacial score (nSPS) is 15.5. The van der Waals surface area contributed by atoms with Crippen molar-refractivity contribution in [3.63, 3.8) is 0 Å². The molecule has 2 amide bonds. The third-order valence-electron chi connectivity index (χ3n) is 4.09. The standard InChI is InChI=1S/C15H17N7O/c1-21-8-6-16-14(21)12(10-4-5-10)19-15(23)18-11-3-2-7-22-9-17-20-13(11)22/h2-3,6-10,12H,4-5H2,1H3,(H2,18,19,23)/t12-/m0/s1. The lowest BCUT2D eigenvalue weighted by Crippen LogP contribution is -2.35. The first kappa shape index (κ1) is 13.7. The van der Waals surface area contributed by atoms with Gasteiger partial charge in [-0.15, -0.1) is 10.2 Å². The Morgan fingerprint density at radius 3 is 3.00 bits per heavy atom. The zero-order valence-electron chi connectivity index (χ0n) is 12.7. The van der Waals surface area contributed by atoms with E-state index in [1.165, 1.54) is 0 Å². The maximum atomic E-state index is 12.4. The average molecular weight is 311 g/mol. The summed E-state index contributed by atoms with van der Waals surface area (Å²) in [5.74, 6) is 1.33. The number of urea groups is 1. The summed E-state index contributed by atoms with van der Waals surface area (Å²) in [5.41, 5.74) is 1.24. The number of rotatable bonds is 4. The van der Waals surface area contributed by atoms with Crippen molar-refractivity contribution < 1.29 is 4.79 Å². The van der Waals surface area contributed by atoms with Crippen LogP contribution in [0, 0.1) is 5.92 Å². The molecule has 0 bridgehead atoms. The predicted octanol–water partition coefficient (Wildman–Crippen LogP) is 1.74. The van der Waals surface area contributed by atoms with E-state index in [1.807, 2.05) is 30.1 Å². The first-order valence-corrected chi connectivity index (χ1v) is 7.55. The van der Waals surface area contributed by atoms with Gasteiger partial charge in [-0.3, -0.25) is 4.40 Å². The molecule has 118 valence electrons. The zero-order valence-corrected chi connectivity index (χ0v) is 12.7. The van der Waals surface area contributed by atoms with Crippen LogP contribution in [0.2, 0.25) is 0 Å². The van der Waals surface area contributed by atoms with Gasteiger partial charge in [0, 0.05) is 25.6 Å². The van der Waals surface area contributed by atoms with Crippen LogP contribution in [0.25, 0.3) is 5.65 Å². The number of fused-ring (bicyclic) bond motifs is 1. The maximum absolute atomic E-state index is 12.4. The fraction of sp³-hybridized carbons (Fsp3) is 0.333. The van der Waals surface area contributed by atoms with Crippen molar-refractivity contribution in [3.05, 3.63) is 42.9 Å². The highest BCUT2D eigenvalue weighted by molar-refractivity contribution is 5.93. The molecule has 1 saturated carbocycles. The smallest absolute Gasteiger partial charge is 0.319 e. The molecule has 0 spiro atoms. The van der Waals surface area contributed by atoms with Crippen LogP contribution in [-0.2, 0) is 7.05 Å². The SMILES string of the molecule is Cn1ccnc1[C@@H](NC(=O)Nc1cccn2cnnc12)C1CC1. The Labute approximate surface area is 132 Å². The zero-order chi connectivity index (χ0) is 15.8. The molecule has 4 rings (SSSR count). The van der Waals surface area contributed by atoms with Gasteiger partial charge < -0.3 is 15.2 Å². The lowest BCUT2D eigenvalue weighted by molar-refractivity contribution is 0.246. The van der Waals surface area contributed by atoms with Crippen molar-refractivity contribution in [2.45, 2.75) is 18.9 Å². The first-order valence-electron chi connectivity index (χ1n) is 7.55. The largest absolute Gasteiger partial charge is 0.336 e. The average Bonchev–Trinajstić information content (AvgIpc) is 3.10. The van der Waals surface area contributed by atoms with Crippen LogP contribution in [0.5, 0.6) is 0 Å². The summed E-state index contributed by atoms with van der Waals surface area (Å²) in [5, 5.41) is 13.8. The Morgan fingerprint density at radius 1 is 1.39 bits per heavy atom. The van der Waals surface area contributed by atoms with E-state index in [2.05, 4.69) is 25.8 Å². The minimum Gasteiger partial charge on any atom is -0.336 e. The molecule has 0 radical (unpaired) electrons. The van der Waals surface area contributed by atoms with E-state index in [1.54, 1.807) is 23.0 Å². The van der Waals surface area contributed by atoms with E-state index >= 15 is 0 Å². The van der Waals surface area contributed by atoms with Crippen LogP contribution >= 0.6 is 0 Å². The molecule has 0 saturated heterocycles. The van der Waals surface area contributed by atoms with Gasteiger partial charge in [-0.05, 0) is 30.9 Å². The number of carbonyl (C=O) groups excluding carboxylic acids is 1. The number of aryl methyl sites for hydroxylation is 1. The van der Waals surface area contributed by atoms with Gasteiger partial charge >= 0.3 is 6.03 Å². The van der Waals surface area contributed by atoms with Crippen molar-refractivity contribution in [2.75, 3.05) is 5.32 Å². The van der Waals surface area contributed by atoms with Gasteiger partial charge in [-0.2, -0.15) is 0 Å². The first-order chi connectivity index (χ1) is 11.2. The lowest BCUT2D eigenvalue weighted by Gasteiger charge is -2.18. The highest BCUT2D eigenvalue weighted by Crippen LogP contribution is 2.40. The predicted molar refractivity (Wildman–Crippen MR) is 83.8 cm³/mol. The number of nitrogens with zero attached hydrogens (tertiary/aromatic N) is 5. The molecular formula is C15H17N7O. The molecular weight excluding hydrogens is 294 g/mol. The number of hydrogen-bond acceptors (Lipinski definition) is 4. The van der Waals surface area contributed by atoms with Gasteiger partial charge in [-0.25, -0.2) is 9.78 Å². The lowest BCUT2D eigenvalue weighted by atomic mass is 10.1. The van der Waals surface area contributed by atoms with E-state index in [9.17, 15) is 4.79 Å². The van der Waals surface area contributed by atoms with Crippen molar-refractivity contribution in [1.82, 2.24) is 29.5 Å². The molecule has 0 unspecified atom stereocenters. The molecule has 0 aromatic carbocycles. The second-order valence-electron chi connectivity index (χ2n) is 5.79. The molecule has 3 heterocycles. The molecule has 1 aliphatic carbocycles. The highest BCUT2D eigenvalue weighted by Gasteiger charge is 2.35. The summed E-state index contributed by atoms with van der Waals surface area (Å²) in [6.07, 6.45) is 9.29. The second kappa shape index (κ2) is 5.38. The van der Waals surface area contributed by atoms with Crippen LogP contribution in [0.15, 0.2) is 37.1 Å². The Hall–Kier alpha value is -2.90. The molecule has 8 nitrogen and oxygen atoms in total. The number of nitrogens with one attached hydrogen (secondary N) is 2. The van der Waals surface area contributed by atoms with Crippen LogP contribution in [0.3, 0.4) is 0 Å². The molecule has 23 heavy (non-hydrogen) atoms. The van der Waals surface area contributed by atoms with Crippen LogP contribution in [0.4, 0.5) is 10.5 Å². The number of amides is 2. The minimum atomic E-state index is -0.263. The number of carbonyl (C=O) groups is 1.